The van der Waals surface area contributed by atoms with Crippen LogP contribution in [0.3, 0.4) is 0 Å². The number of nitrogens with two attached hydrogens (primary N) is 1. The van der Waals surface area contributed by atoms with E-state index in [0.29, 0.717) is 10.3 Å². The molecule has 0 radical (unpaired) electrons. The predicted molar refractivity (Wildman–Crippen MR) is 68.8 cm³/mol. The fourth-order valence-electron chi connectivity index (χ4n) is 1.38. The minimum Gasteiger partial charge on any atom is -0.383 e. The summed E-state index contributed by atoms with van der Waals surface area (Å²) in [5.74, 6) is 0.797. The molecule has 1 rings (SSSR count). The second kappa shape index (κ2) is 6.51. The molecular formula is C11H15BrF3N3O. The molecule has 1 heterocycles. The first-order valence-electron chi connectivity index (χ1n) is 5.67. The number of alkyl halides is 3. The van der Waals surface area contributed by atoms with Crippen LogP contribution < -0.4 is 5.73 Å². The van der Waals surface area contributed by atoms with Gasteiger partial charge in [0.15, 0.2) is 0 Å². The second-order valence-corrected chi connectivity index (χ2v) is 5.09. The molecule has 4 nitrogen and oxygen atoms in total. The highest BCUT2D eigenvalue weighted by atomic mass is 79.9. The van der Waals surface area contributed by atoms with Crippen LogP contribution >= 0.6 is 15.9 Å². The summed E-state index contributed by atoms with van der Waals surface area (Å²) < 4.78 is 40.8. The molecule has 0 saturated carbocycles. The van der Waals surface area contributed by atoms with Crippen molar-refractivity contribution >= 4 is 21.7 Å². The molecule has 0 bridgehead atoms. The molecule has 2 N–H and O–H groups in total. The molecule has 0 aliphatic rings. The number of rotatable bonds is 5. The summed E-state index contributed by atoms with van der Waals surface area (Å²) in [7, 11) is 0. The van der Waals surface area contributed by atoms with Crippen molar-refractivity contribution in [2.45, 2.75) is 32.4 Å². The third-order valence-corrected chi connectivity index (χ3v) is 3.04. The van der Waals surface area contributed by atoms with Gasteiger partial charge in [-0.3, -0.25) is 0 Å². The number of halogens is 4. The fourth-order valence-corrected chi connectivity index (χ4v) is 2.01. The van der Waals surface area contributed by atoms with Crippen molar-refractivity contribution in [3.8, 4) is 0 Å². The predicted octanol–water partition coefficient (Wildman–Crippen LogP) is 3.07. The lowest BCUT2D eigenvalue weighted by Crippen LogP contribution is -2.18. The maximum atomic E-state index is 11.9. The molecule has 19 heavy (non-hydrogen) atoms. The Bertz CT molecular complexity index is 438. The van der Waals surface area contributed by atoms with Gasteiger partial charge in [0, 0.05) is 6.42 Å². The first-order chi connectivity index (χ1) is 8.70. The topological polar surface area (TPSA) is 61.0 Å². The first-order valence-corrected chi connectivity index (χ1v) is 6.46. The van der Waals surface area contributed by atoms with Crippen LogP contribution in [0, 0.1) is 0 Å². The number of hydrogen-bond acceptors (Lipinski definition) is 4. The number of aromatic nitrogens is 2. The zero-order valence-corrected chi connectivity index (χ0v) is 12.2. The van der Waals surface area contributed by atoms with E-state index < -0.39 is 12.8 Å². The monoisotopic (exact) mass is 341 g/mol. The third-order valence-electron chi connectivity index (χ3n) is 2.23. The van der Waals surface area contributed by atoms with E-state index in [-0.39, 0.29) is 24.8 Å². The van der Waals surface area contributed by atoms with Crippen LogP contribution in [0.15, 0.2) is 4.47 Å². The lowest BCUT2D eigenvalue weighted by Gasteiger charge is -2.12. The molecule has 0 amide bonds. The molecule has 0 spiro atoms. The van der Waals surface area contributed by atoms with E-state index in [1.165, 1.54) is 0 Å². The largest absolute Gasteiger partial charge is 0.411 e. The average molecular weight is 342 g/mol. The van der Waals surface area contributed by atoms with Crippen molar-refractivity contribution in [1.29, 1.82) is 0 Å². The van der Waals surface area contributed by atoms with Gasteiger partial charge in [-0.1, -0.05) is 13.8 Å². The number of anilines is 1. The highest BCUT2D eigenvalue weighted by Crippen LogP contribution is 2.26. The molecular weight excluding hydrogens is 327 g/mol. The quantitative estimate of drug-likeness (QED) is 0.836. The Morgan fingerprint density at radius 1 is 1.32 bits per heavy atom. The Balaban J connectivity index is 2.64. The van der Waals surface area contributed by atoms with Gasteiger partial charge in [-0.2, -0.15) is 13.2 Å². The summed E-state index contributed by atoms with van der Waals surface area (Å²) in [6.07, 6.45) is -4.13. The normalized spacial score (nSPS) is 12.2. The smallest absolute Gasteiger partial charge is 0.383 e. The van der Waals surface area contributed by atoms with Gasteiger partial charge in [0.2, 0.25) is 0 Å². The summed E-state index contributed by atoms with van der Waals surface area (Å²) >= 11 is 3.29. The lowest BCUT2D eigenvalue weighted by molar-refractivity contribution is -0.173. The lowest BCUT2D eigenvalue weighted by atomic mass is 10.1. The number of hydrogen-bond donors (Lipinski definition) is 1. The summed E-state index contributed by atoms with van der Waals surface area (Å²) in [6, 6.07) is 0. The van der Waals surface area contributed by atoms with Gasteiger partial charge in [0.05, 0.1) is 16.8 Å². The van der Waals surface area contributed by atoms with Gasteiger partial charge in [0.1, 0.15) is 18.2 Å². The zero-order valence-electron chi connectivity index (χ0n) is 10.6. The molecule has 0 aromatic carbocycles. The highest BCUT2D eigenvalue weighted by molar-refractivity contribution is 9.10. The third kappa shape index (κ3) is 5.32. The minimum atomic E-state index is -4.32. The fraction of sp³-hybridized carbons (Fsp3) is 0.636. The Kier molecular flexibility index (Phi) is 5.54. The minimum absolute atomic E-state index is 0.0991. The van der Waals surface area contributed by atoms with Crippen LogP contribution in [0.4, 0.5) is 19.0 Å². The van der Waals surface area contributed by atoms with Crippen molar-refractivity contribution in [3.05, 3.63) is 16.0 Å². The van der Waals surface area contributed by atoms with Crippen LogP contribution in [0.5, 0.6) is 0 Å². The van der Waals surface area contributed by atoms with Crippen molar-refractivity contribution < 1.29 is 17.9 Å². The molecule has 0 atom stereocenters. The van der Waals surface area contributed by atoms with Crippen molar-refractivity contribution in [2.75, 3.05) is 18.9 Å². The van der Waals surface area contributed by atoms with Crippen molar-refractivity contribution in [2.24, 2.45) is 0 Å². The van der Waals surface area contributed by atoms with E-state index in [1.807, 2.05) is 13.8 Å². The van der Waals surface area contributed by atoms with E-state index in [0.717, 1.165) is 5.69 Å². The highest BCUT2D eigenvalue weighted by Gasteiger charge is 2.27. The zero-order chi connectivity index (χ0) is 14.6. The van der Waals surface area contributed by atoms with Gasteiger partial charge in [-0.15, -0.1) is 0 Å². The van der Waals surface area contributed by atoms with Crippen LogP contribution in [0.1, 0.15) is 31.3 Å². The average Bonchev–Trinajstić information content (AvgIpc) is 2.27. The maximum absolute atomic E-state index is 11.9. The van der Waals surface area contributed by atoms with Crippen LogP contribution in [-0.2, 0) is 11.2 Å². The Morgan fingerprint density at radius 2 is 1.95 bits per heavy atom. The van der Waals surface area contributed by atoms with Gasteiger partial charge in [0.25, 0.3) is 0 Å². The molecule has 0 unspecified atom stereocenters. The van der Waals surface area contributed by atoms with Gasteiger partial charge in [-0.25, -0.2) is 9.97 Å². The molecule has 1 aromatic heterocycles. The van der Waals surface area contributed by atoms with E-state index in [2.05, 4.69) is 30.6 Å². The van der Waals surface area contributed by atoms with Crippen molar-refractivity contribution in [3.63, 3.8) is 0 Å². The Morgan fingerprint density at radius 3 is 2.47 bits per heavy atom. The van der Waals surface area contributed by atoms with Gasteiger partial charge in [-0.05, 0) is 21.8 Å². The van der Waals surface area contributed by atoms with Crippen LogP contribution in [0.2, 0.25) is 0 Å². The van der Waals surface area contributed by atoms with Gasteiger partial charge < -0.3 is 10.5 Å². The second-order valence-electron chi connectivity index (χ2n) is 4.30. The number of nitrogen functional groups attached to an aromatic ring is 1. The Hall–Kier alpha value is -0.890. The van der Waals surface area contributed by atoms with Crippen LogP contribution in [-0.4, -0.2) is 29.4 Å². The summed E-state index contributed by atoms with van der Waals surface area (Å²) in [6.45, 7) is 2.51. The molecule has 1 aromatic rings. The number of ether oxygens (including phenoxy) is 1. The summed E-state index contributed by atoms with van der Waals surface area (Å²) in [4.78, 5) is 8.28. The van der Waals surface area contributed by atoms with E-state index in [1.54, 1.807) is 0 Å². The molecule has 0 saturated heterocycles. The van der Waals surface area contributed by atoms with E-state index in [9.17, 15) is 13.2 Å². The van der Waals surface area contributed by atoms with E-state index in [4.69, 9.17) is 5.73 Å². The maximum Gasteiger partial charge on any atom is 0.411 e. The SMILES string of the molecule is CC(C)c1nc(CCOCC(F)(F)F)nc(N)c1Br. The molecule has 8 heteroatoms. The molecule has 0 fully saturated rings. The standard InChI is InChI=1S/C11H15BrF3N3O/c1-6(2)9-8(12)10(16)18-7(17-9)3-4-19-5-11(13,14)15/h6H,3-5H2,1-2H3,(H2,16,17,18). The Labute approximate surface area is 117 Å². The van der Waals surface area contributed by atoms with Gasteiger partial charge >= 0.3 is 6.18 Å². The van der Waals surface area contributed by atoms with Crippen LogP contribution in [0.25, 0.3) is 0 Å². The molecule has 0 aliphatic heterocycles. The molecule has 108 valence electrons. The number of nitrogens with zero attached hydrogens (tertiary/aromatic N) is 2. The summed E-state index contributed by atoms with van der Waals surface area (Å²) in [5.41, 5.74) is 6.45. The summed E-state index contributed by atoms with van der Waals surface area (Å²) in [5, 5.41) is 0. The van der Waals surface area contributed by atoms with E-state index >= 15 is 0 Å². The first kappa shape index (κ1) is 16.2. The molecule has 0 aliphatic carbocycles. The van der Waals surface area contributed by atoms with Crippen molar-refractivity contribution in [1.82, 2.24) is 9.97 Å².